The molecule has 9 heteroatoms. The van der Waals surface area contributed by atoms with Gasteiger partial charge in [0.2, 0.25) is 11.8 Å². The molecule has 5 rings (SSSR count). The molecule has 0 spiro atoms. The predicted molar refractivity (Wildman–Crippen MR) is 131 cm³/mol. The van der Waals surface area contributed by atoms with Crippen LogP contribution in [0.15, 0.2) is 27.8 Å². The number of piperazine rings is 1. The summed E-state index contributed by atoms with van der Waals surface area (Å²) in [6.07, 6.45) is 5.16. The van der Waals surface area contributed by atoms with Crippen LogP contribution in [0, 0.1) is 17.8 Å². The molecule has 0 bridgehead atoms. The second-order valence-corrected chi connectivity index (χ2v) is 10.3. The Morgan fingerprint density at radius 3 is 1.94 bits per heavy atom. The molecule has 2 heterocycles. The Morgan fingerprint density at radius 2 is 1.43 bits per heavy atom. The SMILES string of the molecule is COc1ccc2c(c1)c(=O)n(CC1CCC(C(=O)N3CCN(C(=O)C4CC4)CC3)CC1)c(=O)n2C. The van der Waals surface area contributed by atoms with Crippen LogP contribution >= 0.6 is 0 Å². The van der Waals surface area contributed by atoms with E-state index in [1.165, 1.54) is 9.13 Å². The number of aromatic nitrogens is 2. The molecule has 2 aliphatic carbocycles. The average Bonchev–Trinajstić information content (AvgIpc) is 3.75. The highest BCUT2D eigenvalue weighted by Gasteiger charge is 2.36. The fourth-order valence-electron chi connectivity index (χ4n) is 5.63. The van der Waals surface area contributed by atoms with Crippen LogP contribution < -0.4 is 16.0 Å². The van der Waals surface area contributed by atoms with Crippen molar-refractivity contribution in [3.8, 4) is 5.75 Å². The molecule has 9 nitrogen and oxygen atoms in total. The van der Waals surface area contributed by atoms with E-state index in [0.717, 1.165) is 38.5 Å². The first-order valence-electron chi connectivity index (χ1n) is 12.7. The Kier molecular flexibility index (Phi) is 6.42. The maximum atomic E-state index is 13.1. The fraction of sp³-hybridized carbons (Fsp3) is 0.615. The maximum Gasteiger partial charge on any atom is 0.331 e. The van der Waals surface area contributed by atoms with E-state index in [4.69, 9.17) is 4.74 Å². The van der Waals surface area contributed by atoms with Crippen molar-refractivity contribution in [3.63, 3.8) is 0 Å². The van der Waals surface area contributed by atoms with Crippen molar-refractivity contribution < 1.29 is 14.3 Å². The Morgan fingerprint density at radius 1 is 0.886 bits per heavy atom. The summed E-state index contributed by atoms with van der Waals surface area (Å²) >= 11 is 0. The first kappa shape index (κ1) is 23.6. The van der Waals surface area contributed by atoms with Gasteiger partial charge in [-0.1, -0.05) is 0 Å². The van der Waals surface area contributed by atoms with Gasteiger partial charge in [0.05, 0.1) is 18.0 Å². The number of hydrogen-bond acceptors (Lipinski definition) is 5. The number of carbonyl (C=O) groups is 2. The minimum absolute atomic E-state index is 0.0163. The lowest BCUT2D eigenvalue weighted by molar-refractivity contribution is -0.143. The van der Waals surface area contributed by atoms with Gasteiger partial charge < -0.3 is 14.5 Å². The number of carbonyl (C=O) groups excluding carboxylic acids is 2. The molecule has 1 aromatic carbocycles. The highest BCUT2D eigenvalue weighted by molar-refractivity contribution is 5.82. The summed E-state index contributed by atoms with van der Waals surface area (Å²) < 4.78 is 8.11. The van der Waals surface area contributed by atoms with Gasteiger partial charge in [-0.2, -0.15) is 0 Å². The van der Waals surface area contributed by atoms with E-state index in [0.29, 0.717) is 49.4 Å². The topological polar surface area (TPSA) is 93.8 Å². The lowest BCUT2D eigenvalue weighted by Crippen LogP contribution is -2.52. The van der Waals surface area contributed by atoms with Gasteiger partial charge in [-0.05, 0) is 62.6 Å². The van der Waals surface area contributed by atoms with Crippen LogP contribution in [-0.4, -0.2) is 64.0 Å². The molecule has 1 aliphatic heterocycles. The van der Waals surface area contributed by atoms with Crippen LogP contribution in [0.25, 0.3) is 10.9 Å². The van der Waals surface area contributed by atoms with Crippen molar-refractivity contribution in [1.82, 2.24) is 18.9 Å². The Hall–Kier alpha value is -3.10. The molecule has 188 valence electrons. The van der Waals surface area contributed by atoms with Crippen molar-refractivity contribution >= 4 is 22.7 Å². The summed E-state index contributed by atoms with van der Waals surface area (Å²) in [4.78, 5) is 55.3. The molecule has 35 heavy (non-hydrogen) atoms. The molecule has 0 radical (unpaired) electrons. The Labute approximate surface area is 204 Å². The number of rotatable bonds is 5. The first-order chi connectivity index (χ1) is 16.9. The first-order valence-corrected chi connectivity index (χ1v) is 12.7. The molecule has 2 saturated carbocycles. The summed E-state index contributed by atoms with van der Waals surface area (Å²) in [6.45, 7) is 2.86. The number of aryl methyl sites for hydroxylation is 1. The van der Waals surface area contributed by atoms with E-state index in [2.05, 4.69) is 0 Å². The van der Waals surface area contributed by atoms with Crippen molar-refractivity contribution in [1.29, 1.82) is 0 Å². The zero-order valence-corrected chi connectivity index (χ0v) is 20.6. The molecule has 1 saturated heterocycles. The normalized spacial score (nSPS) is 22.9. The van der Waals surface area contributed by atoms with E-state index >= 15 is 0 Å². The lowest BCUT2D eigenvalue weighted by atomic mass is 9.81. The van der Waals surface area contributed by atoms with E-state index in [9.17, 15) is 19.2 Å². The van der Waals surface area contributed by atoms with E-state index in [-0.39, 0.29) is 40.8 Å². The molecule has 2 amide bonds. The molecule has 3 aliphatic rings. The van der Waals surface area contributed by atoms with Gasteiger partial charge in [0.15, 0.2) is 0 Å². The number of methoxy groups -OCH3 is 1. The third-order valence-electron chi connectivity index (χ3n) is 8.02. The Bertz CT molecular complexity index is 1240. The minimum atomic E-state index is -0.315. The molecule has 2 aromatic rings. The number of hydrogen-bond donors (Lipinski definition) is 0. The number of ether oxygens (including phenoxy) is 1. The molecule has 0 unspecified atom stereocenters. The number of nitrogens with zero attached hydrogens (tertiary/aromatic N) is 4. The highest BCUT2D eigenvalue weighted by Crippen LogP contribution is 2.33. The number of fused-ring (bicyclic) bond motifs is 1. The van der Waals surface area contributed by atoms with Gasteiger partial charge in [-0.15, -0.1) is 0 Å². The largest absolute Gasteiger partial charge is 0.497 e. The second kappa shape index (κ2) is 9.51. The van der Waals surface area contributed by atoms with Crippen molar-refractivity contribution in [2.24, 2.45) is 24.8 Å². The second-order valence-electron chi connectivity index (χ2n) is 10.3. The van der Waals surface area contributed by atoms with Gasteiger partial charge in [-0.3, -0.25) is 23.5 Å². The predicted octanol–water partition coefficient (Wildman–Crippen LogP) is 1.60. The number of amides is 2. The van der Waals surface area contributed by atoms with Gasteiger partial charge in [0.1, 0.15) is 5.75 Å². The molecule has 1 aromatic heterocycles. The van der Waals surface area contributed by atoms with Crippen molar-refractivity contribution in [2.45, 2.75) is 45.1 Å². The lowest BCUT2D eigenvalue weighted by Gasteiger charge is -2.38. The summed E-state index contributed by atoms with van der Waals surface area (Å²) in [5.74, 6) is 1.41. The van der Waals surface area contributed by atoms with Gasteiger partial charge in [0, 0.05) is 51.6 Å². The average molecular weight is 483 g/mol. The zero-order valence-electron chi connectivity index (χ0n) is 20.6. The van der Waals surface area contributed by atoms with Gasteiger partial charge in [-0.25, -0.2) is 4.79 Å². The van der Waals surface area contributed by atoms with Crippen LogP contribution in [0.1, 0.15) is 38.5 Å². The van der Waals surface area contributed by atoms with E-state index in [1.807, 2.05) is 9.80 Å². The smallest absolute Gasteiger partial charge is 0.331 e. The van der Waals surface area contributed by atoms with Gasteiger partial charge in [0.25, 0.3) is 5.56 Å². The van der Waals surface area contributed by atoms with Crippen LogP contribution in [0.3, 0.4) is 0 Å². The molecular formula is C26H34N4O5. The highest BCUT2D eigenvalue weighted by atomic mass is 16.5. The van der Waals surface area contributed by atoms with Crippen LogP contribution in [-0.2, 0) is 23.2 Å². The third-order valence-corrected chi connectivity index (χ3v) is 8.02. The van der Waals surface area contributed by atoms with Gasteiger partial charge >= 0.3 is 5.69 Å². The van der Waals surface area contributed by atoms with Crippen LogP contribution in [0.4, 0.5) is 0 Å². The molecular weight excluding hydrogens is 448 g/mol. The summed E-state index contributed by atoms with van der Waals surface area (Å²) in [7, 11) is 3.23. The zero-order chi connectivity index (χ0) is 24.7. The summed E-state index contributed by atoms with van der Waals surface area (Å²) in [5.41, 5.74) is -0.0198. The summed E-state index contributed by atoms with van der Waals surface area (Å²) in [5, 5.41) is 0.467. The van der Waals surface area contributed by atoms with E-state index < -0.39 is 0 Å². The monoisotopic (exact) mass is 482 g/mol. The Balaban J connectivity index is 1.20. The van der Waals surface area contributed by atoms with E-state index in [1.54, 1.807) is 32.4 Å². The molecule has 0 N–H and O–H groups in total. The van der Waals surface area contributed by atoms with Crippen LogP contribution in [0.2, 0.25) is 0 Å². The third kappa shape index (κ3) is 4.60. The van der Waals surface area contributed by atoms with Crippen molar-refractivity contribution in [2.75, 3.05) is 33.3 Å². The fourth-order valence-corrected chi connectivity index (χ4v) is 5.63. The quantitative estimate of drug-likeness (QED) is 0.645. The molecule has 3 fully saturated rings. The maximum absolute atomic E-state index is 13.1. The standard InChI is InChI=1S/C26H34N4O5/c1-27-22-10-9-20(35-2)15-21(22)25(33)30(26(27)34)16-17-3-5-18(6-4-17)23(31)28-11-13-29(14-12-28)24(32)19-7-8-19/h9-10,15,17-19H,3-8,11-14,16H2,1-2H3. The van der Waals surface area contributed by atoms with Crippen LogP contribution in [0.5, 0.6) is 5.75 Å². The molecule has 0 atom stereocenters. The minimum Gasteiger partial charge on any atom is -0.497 e. The number of benzene rings is 1. The summed E-state index contributed by atoms with van der Waals surface area (Å²) in [6, 6.07) is 5.16. The van der Waals surface area contributed by atoms with Crippen molar-refractivity contribution in [3.05, 3.63) is 39.0 Å².